The zero-order chi connectivity index (χ0) is 19.1. The molecule has 0 radical (unpaired) electrons. The average molecular weight is 428 g/mol. The molecule has 5 nitrogen and oxygen atoms in total. The van der Waals surface area contributed by atoms with Gasteiger partial charge in [-0.05, 0) is 31.5 Å². The number of aryl methyl sites for hydroxylation is 1. The number of carbonyl (C=O) groups is 1. The van der Waals surface area contributed by atoms with Crippen LogP contribution in [0, 0.1) is 13.8 Å². The van der Waals surface area contributed by atoms with Gasteiger partial charge in [0, 0.05) is 21.3 Å². The van der Waals surface area contributed by atoms with Crippen LogP contribution in [0.3, 0.4) is 0 Å². The molecule has 2 heterocycles. The lowest BCUT2D eigenvalue weighted by atomic mass is 10.00. The van der Waals surface area contributed by atoms with E-state index in [1.807, 2.05) is 0 Å². The first-order valence-corrected chi connectivity index (χ1v) is 8.34. The maximum atomic E-state index is 12.8. The van der Waals surface area contributed by atoms with E-state index in [9.17, 15) is 18.0 Å². The second-order valence-corrected chi connectivity index (χ2v) is 6.67. The molecule has 0 fully saturated rings. The molecule has 1 aromatic carbocycles. The molecule has 0 aliphatic carbocycles. The molecule has 0 aliphatic heterocycles. The summed E-state index contributed by atoms with van der Waals surface area (Å²) < 4.78 is 43.2. The lowest BCUT2D eigenvalue weighted by molar-refractivity contribution is -0.130. The number of carbonyl (C=O) groups excluding carboxylic acids is 1. The van der Waals surface area contributed by atoms with Crippen LogP contribution < -0.4 is 0 Å². The number of ketones is 1. The van der Waals surface area contributed by atoms with Crippen molar-refractivity contribution >= 4 is 21.7 Å². The molecule has 0 aliphatic rings. The van der Waals surface area contributed by atoms with E-state index in [4.69, 9.17) is 4.42 Å². The van der Waals surface area contributed by atoms with E-state index in [0.29, 0.717) is 28.1 Å². The summed E-state index contributed by atoms with van der Waals surface area (Å²) in [5.41, 5.74) is 2.35. The van der Waals surface area contributed by atoms with Gasteiger partial charge in [-0.1, -0.05) is 28.1 Å². The van der Waals surface area contributed by atoms with Crippen LogP contribution in [0.5, 0.6) is 0 Å². The Morgan fingerprint density at radius 2 is 2.00 bits per heavy atom. The summed E-state index contributed by atoms with van der Waals surface area (Å²) >= 11 is 3.32. The van der Waals surface area contributed by atoms with Crippen molar-refractivity contribution in [3.05, 3.63) is 57.0 Å². The first-order valence-electron chi connectivity index (χ1n) is 7.54. The highest BCUT2D eigenvalue weighted by molar-refractivity contribution is 9.10. The predicted molar refractivity (Wildman–Crippen MR) is 90.9 cm³/mol. The highest BCUT2D eigenvalue weighted by Gasteiger charge is 2.31. The van der Waals surface area contributed by atoms with Gasteiger partial charge in [-0.2, -0.15) is 13.2 Å². The zero-order valence-electron chi connectivity index (χ0n) is 13.7. The van der Waals surface area contributed by atoms with Gasteiger partial charge in [-0.25, -0.2) is 0 Å². The van der Waals surface area contributed by atoms with Crippen LogP contribution in [-0.4, -0.2) is 27.1 Å². The van der Waals surface area contributed by atoms with Gasteiger partial charge in [0.15, 0.2) is 5.78 Å². The minimum absolute atomic E-state index is 0.0851. The Balaban J connectivity index is 1.97. The molecule has 0 saturated heterocycles. The fraction of sp³-hybridized carbons (Fsp3) is 0.235. The smallest absolute Gasteiger partial charge is 0.397 e. The summed E-state index contributed by atoms with van der Waals surface area (Å²) in [5.74, 6) is -0.823. The van der Waals surface area contributed by atoms with Gasteiger partial charge in [0.05, 0.1) is 0 Å². The standard InChI is InChI=1S/C17H13BrF3N3O2/c1-8-13(15(25)10-4-3-5-11(18)6-10)9(2)22-14(8)16-24-23-12(26-16)7-17(19,20)21/h3-6,22H,7H2,1-2H3. The van der Waals surface area contributed by atoms with Crippen molar-refractivity contribution in [2.24, 2.45) is 0 Å². The molecule has 0 bridgehead atoms. The van der Waals surface area contributed by atoms with Crippen LogP contribution in [0.25, 0.3) is 11.6 Å². The van der Waals surface area contributed by atoms with Crippen molar-refractivity contribution in [1.29, 1.82) is 0 Å². The number of alkyl halides is 3. The van der Waals surface area contributed by atoms with E-state index in [1.165, 1.54) is 0 Å². The largest absolute Gasteiger partial charge is 0.419 e. The molecular weight excluding hydrogens is 415 g/mol. The van der Waals surface area contributed by atoms with E-state index in [2.05, 4.69) is 31.1 Å². The Hall–Kier alpha value is -2.42. The van der Waals surface area contributed by atoms with Crippen LogP contribution in [0.2, 0.25) is 0 Å². The van der Waals surface area contributed by atoms with E-state index in [1.54, 1.807) is 38.1 Å². The number of benzene rings is 1. The van der Waals surface area contributed by atoms with Crippen LogP contribution in [0.4, 0.5) is 13.2 Å². The van der Waals surface area contributed by atoms with Crippen molar-refractivity contribution in [1.82, 2.24) is 15.2 Å². The van der Waals surface area contributed by atoms with Gasteiger partial charge < -0.3 is 9.40 Å². The highest BCUT2D eigenvalue weighted by atomic mass is 79.9. The Kier molecular flexibility index (Phi) is 4.74. The molecule has 26 heavy (non-hydrogen) atoms. The first kappa shape index (κ1) is 18.4. The second-order valence-electron chi connectivity index (χ2n) is 5.76. The monoisotopic (exact) mass is 427 g/mol. The zero-order valence-corrected chi connectivity index (χ0v) is 15.3. The van der Waals surface area contributed by atoms with Gasteiger partial charge in [-0.3, -0.25) is 4.79 Å². The highest BCUT2D eigenvalue weighted by Crippen LogP contribution is 2.30. The fourth-order valence-corrected chi connectivity index (χ4v) is 3.08. The Bertz CT molecular complexity index is 976. The second kappa shape index (κ2) is 6.71. The molecule has 0 atom stereocenters. The van der Waals surface area contributed by atoms with Crippen LogP contribution >= 0.6 is 15.9 Å². The number of hydrogen-bond acceptors (Lipinski definition) is 4. The summed E-state index contributed by atoms with van der Waals surface area (Å²) in [7, 11) is 0. The van der Waals surface area contributed by atoms with Crippen LogP contribution in [-0.2, 0) is 6.42 Å². The molecule has 1 N–H and O–H groups in total. The van der Waals surface area contributed by atoms with Crippen LogP contribution in [0.1, 0.15) is 33.1 Å². The van der Waals surface area contributed by atoms with E-state index >= 15 is 0 Å². The summed E-state index contributed by atoms with van der Waals surface area (Å²) in [4.78, 5) is 15.8. The molecule has 0 amide bonds. The third-order valence-electron chi connectivity index (χ3n) is 3.78. The molecule has 3 rings (SSSR count). The van der Waals surface area contributed by atoms with Gasteiger partial charge in [0.1, 0.15) is 12.1 Å². The van der Waals surface area contributed by atoms with Gasteiger partial charge in [0.2, 0.25) is 5.89 Å². The number of H-pyrrole nitrogens is 1. The Labute approximate surface area is 154 Å². The lowest BCUT2D eigenvalue weighted by Gasteiger charge is -2.03. The van der Waals surface area contributed by atoms with Crippen molar-refractivity contribution in [2.45, 2.75) is 26.4 Å². The third-order valence-corrected chi connectivity index (χ3v) is 4.28. The molecule has 3 aromatic rings. The summed E-state index contributed by atoms with van der Waals surface area (Å²) in [5, 5.41) is 7.09. The number of rotatable bonds is 4. The Morgan fingerprint density at radius 1 is 1.27 bits per heavy atom. The number of halogens is 4. The normalized spacial score (nSPS) is 11.8. The average Bonchev–Trinajstić information content (AvgIpc) is 3.09. The maximum Gasteiger partial charge on any atom is 0.397 e. The minimum Gasteiger partial charge on any atom is -0.419 e. The number of aromatic nitrogens is 3. The SMILES string of the molecule is Cc1[nH]c(-c2nnc(CC(F)(F)F)o2)c(C)c1C(=O)c1cccc(Br)c1. The van der Waals surface area contributed by atoms with Crippen molar-refractivity contribution in [3.8, 4) is 11.6 Å². The molecule has 136 valence electrons. The molecular formula is C17H13BrF3N3O2. The fourth-order valence-electron chi connectivity index (χ4n) is 2.68. The summed E-state index contributed by atoms with van der Waals surface area (Å²) in [6.07, 6.45) is -5.74. The molecule has 0 saturated carbocycles. The van der Waals surface area contributed by atoms with Crippen LogP contribution in [0.15, 0.2) is 33.2 Å². The van der Waals surface area contributed by atoms with Gasteiger partial charge >= 0.3 is 6.18 Å². The predicted octanol–water partition coefficient (Wildman–Crippen LogP) is 4.78. The third kappa shape index (κ3) is 3.72. The maximum absolute atomic E-state index is 12.8. The topological polar surface area (TPSA) is 71.8 Å². The van der Waals surface area contributed by atoms with E-state index in [0.717, 1.165) is 4.47 Å². The number of aromatic amines is 1. The quantitative estimate of drug-likeness (QED) is 0.608. The Morgan fingerprint density at radius 3 is 2.65 bits per heavy atom. The molecule has 2 aromatic heterocycles. The molecule has 0 spiro atoms. The van der Waals surface area contributed by atoms with Crippen molar-refractivity contribution in [2.75, 3.05) is 0 Å². The lowest BCUT2D eigenvalue weighted by Crippen LogP contribution is -2.11. The van der Waals surface area contributed by atoms with Gasteiger partial charge in [0.25, 0.3) is 5.89 Å². The number of nitrogens with zero attached hydrogens (tertiary/aromatic N) is 2. The van der Waals surface area contributed by atoms with Crippen molar-refractivity contribution in [3.63, 3.8) is 0 Å². The summed E-state index contributed by atoms with van der Waals surface area (Å²) in [6.45, 7) is 3.38. The van der Waals surface area contributed by atoms with E-state index in [-0.39, 0.29) is 11.7 Å². The number of hydrogen-bond donors (Lipinski definition) is 1. The molecule has 0 unspecified atom stereocenters. The van der Waals surface area contributed by atoms with E-state index < -0.39 is 18.5 Å². The first-order chi connectivity index (χ1) is 12.2. The number of nitrogens with one attached hydrogen (secondary N) is 1. The van der Waals surface area contributed by atoms with Crippen molar-refractivity contribution < 1.29 is 22.4 Å². The summed E-state index contributed by atoms with van der Waals surface area (Å²) in [6, 6.07) is 6.94. The van der Waals surface area contributed by atoms with Gasteiger partial charge in [-0.15, -0.1) is 10.2 Å². The minimum atomic E-state index is -4.44. The molecule has 9 heteroatoms.